The topological polar surface area (TPSA) is 51.1 Å². The van der Waals surface area contributed by atoms with Gasteiger partial charge in [0.15, 0.2) is 0 Å². The van der Waals surface area contributed by atoms with Crippen LogP contribution in [0.5, 0.6) is 0 Å². The number of carbonyl (C=O) groups excluding carboxylic acids is 1. The zero-order chi connectivity index (χ0) is 17.8. The highest BCUT2D eigenvalue weighted by Crippen LogP contribution is 2.11. The van der Waals surface area contributed by atoms with Gasteiger partial charge < -0.3 is 9.88 Å². The number of benzene rings is 2. The fourth-order valence-electron chi connectivity index (χ4n) is 2.48. The first-order valence-electron chi connectivity index (χ1n) is 7.85. The molecule has 2 aromatic carbocycles. The van der Waals surface area contributed by atoms with E-state index in [0.717, 1.165) is 5.56 Å². The van der Waals surface area contributed by atoms with Gasteiger partial charge in [0.25, 0.3) is 11.5 Å². The van der Waals surface area contributed by atoms with Crippen LogP contribution in [0.1, 0.15) is 21.5 Å². The maximum atomic E-state index is 13.8. The summed E-state index contributed by atoms with van der Waals surface area (Å²) >= 11 is 0. The number of aryl methyl sites for hydroxylation is 1. The Labute approximate surface area is 144 Å². The van der Waals surface area contributed by atoms with Gasteiger partial charge in [0.05, 0.1) is 6.54 Å². The second-order valence-corrected chi connectivity index (χ2v) is 5.77. The van der Waals surface area contributed by atoms with Gasteiger partial charge >= 0.3 is 0 Å². The number of nitrogens with one attached hydrogen (secondary N) is 1. The van der Waals surface area contributed by atoms with Crippen molar-refractivity contribution in [3.63, 3.8) is 0 Å². The Balaban J connectivity index is 1.85. The van der Waals surface area contributed by atoms with Crippen LogP contribution in [0.25, 0.3) is 0 Å². The fraction of sp³-hybridized carbons (Fsp3) is 0.100. The van der Waals surface area contributed by atoms with Crippen LogP contribution in [0.3, 0.4) is 0 Å². The molecule has 0 bridgehead atoms. The predicted molar refractivity (Wildman–Crippen MR) is 95.3 cm³/mol. The minimum Gasteiger partial charge on any atom is -0.322 e. The predicted octanol–water partition coefficient (Wildman–Crippen LogP) is 3.60. The molecule has 0 atom stereocenters. The van der Waals surface area contributed by atoms with Crippen molar-refractivity contribution in [2.45, 2.75) is 13.5 Å². The number of hydrogen-bond acceptors (Lipinski definition) is 2. The van der Waals surface area contributed by atoms with Gasteiger partial charge in [-0.2, -0.15) is 0 Å². The number of hydrogen-bond donors (Lipinski definition) is 1. The molecule has 0 saturated carbocycles. The Hall–Kier alpha value is -3.21. The summed E-state index contributed by atoms with van der Waals surface area (Å²) < 4.78 is 15.1. The molecule has 0 unspecified atom stereocenters. The second-order valence-electron chi connectivity index (χ2n) is 5.77. The molecular formula is C20H17FN2O2. The van der Waals surface area contributed by atoms with Crippen LogP contribution in [-0.4, -0.2) is 10.5 Å². The fourth-order valence-corrected chi connectivity index (χ4v) is 2.48. The van der Waals surface area contributed by atoms with Gasteiger partial charge in [-0.25, -0.2) is 4.39 Å². The van der Waals surface area contributed by atoms with Gasteiger partial charge in [0.1, 0.15) is 11.4 Å². The smallest absolute Gasteiger partial charge is 0.263 e. The van der Waals surface area contributed by atoms with E-state index < -0.39 is 11.5 Å². The maximum Gasteiger partial charge on any atom is 0.263 e. The molecule has 0 spiro atoms. The first-order valence-corrected chi connectivity index (χ1v) is 7.85. The molecule has 0 radical (unpaired) electrons. The molecule has 25 heavy (non-hydrogen) atoms. The van der Waals surface area contributed by atoms with Crippen LogP contribution in [0.4, 0.5) is 10.1 Å². The van der Waals surface area contributed by atoms with Gasteiger partial charge in [0, 0.05) is 17.4 Å². The minimum atomic E-state index is -0.489. The second kappa shape index (κ2) is 7.13. The molecule has 0 fully saturated rings. The molecule has 1 heterocycles. The van der Waals surface area contributed by atoms with Crippen molar-refractivity contribution in [2.24, 2.45) is 0 Å². The first kappa shape index (κ1) is 16.6. The molecule has 1 N–H and O–H groups in total. The molecule has 1 amide bonds. The lowest BCUT2D eigenvalue weighted by atomic mass is 10.2. The summed E-state index contributed by atoms with van der Waals surface area (Å²) in [5, 5.41) is 2.70. The Morgan fingerprint density at radius 1 is 1.04 bits per heavy atom. The van der Waals surface area contributed by atoms with E-state index in [1.165, 1.54) is 22.9 Å². The number of nitrogens with zero attached hydrogens (tertiary/aromatic N) is 1. The summed E-state index contributed by atoms with van der Waals surface area (Å²) in [6.07, 6.45) is 1.54. The van der Waals surface area contributed by atoms with Crippen LogP contribution in [0, 0.1) is 12.7 Å². The lowest BCUT2D eigenvalue weighted by molar-refractivity contribution is 0.102. The molecule has 3 rings (SSSR count). The number of anilines is 1. The van der Waals surface area contributed by atoms with Gasteiger partial charge in [0.2, 0.25) is 0 Å². The van der Waals surface area contributed by atoms with Crippen LogP contribution >= 0.6 is 0 Å². The first-order chi connectivity index (χ1) is 12.0. The molecule has 5 heteroatoms. The van der Waals surface area contributed by atoms with Crippen molar-refractivity contribution in [3.8, 4) is 0 Å². The third-order valence-electron chi connectivity index (χ3n) is 3.87. The summed E-state index contributed by atoms with van der Waals surface area (Å²) in [6, 6.07) is 16.6. The molecule has 126 valence electrons. The van der Waals surface area contributed by atoms with E-state index >= 15 is 0 Å². The van der Waals surface area contributed by atoms with E-state index in [1.54, 1.807) is 36.4 Å². The molecule has 0 aliphatic heterocycles. The number of carbonyl (C=O) groups is 1. The van der Waals surface area contributed by atoms with Crippen molar-refractivity contribution in [3.05, 3.63) is 99.7 Å². The molecule has 0 saturated heterocycles. The summed E-state index contributed by atoms with van der Waals surface area (Å²) in [7, 11) is 0. The normalized spacial score (nSPS) is 10.5. The van der Waals surface area contributed by atoms with Gasteiger partial charge in [-0.15, -0.1) is 0 Å². The summed E-state index contributed by atoms with van der Waals surface area (Å²) in [6.45, 7) is 2.02. The molecular weight excluding hydrogens is 319 g/mol. The Morgan fingerprint density at radius 2 is 1.76 bits per heavy atom. The third kappa shape index (κ3) is 3.83. The van der Waals surface area contributed by atoms with Gasteiger partial charge in [-0.1, -0.05) is 35.9 Å². The van der Waals surface area contributed by atoms with Crippen molar-refractivity contribution in [1.82, 2.24) is 4.57 Å². The van der Waals surface area contributed by atoms with Gasteiger partial charge in [-0.3, -0.25) is 9.59 Å². The van der Waals surface area contributed by atoms with Crippen molar-refractivity contribution in [1.29, 1.82) is 0 Å². The van der Waals surface area contributed by atoms with E-state index in [1.807, 2.05) is 19.1 Å². The Bertz CT molecular complexity index is 962. The van der Waals surface area contributed by atoms with Crippen LogP contribution in [0.2, 0.25) is 0 Å². The Kier molecular flexibility index (Phi) is 4.75. The lowest BCUT2D eigenvalue weighted by Gasteiger charge is -2.09. The SMILES string of the molecule is Cc1ccc(NC(=O)c2cccn(Cc3ccccc3F)c2=O)cc1. The lowest BCUT2D eigenvalue weighted by Crippen LogP contribution is -2.29. The van der Waals surface area contributed by atoms with E-state index in [2.05, 4.69) is 5.32 Å². The Morgan fingerprint density at radius 3 is 2.48 bits per heavy atom. The largest absolute Gasteiger partial charge is 0.322 e. The minimum absolute atomic E-state index is 0.0133. The van der Waals surface area contributed by atoms with E-state index in [-0.39, 0.29) is 17.9 Å². The van der Waals surface area contributed by atoms with Crippen molar-refractivity contribution < 1.29 is 9.18 Å². The molecule has 0 aliphatic carbocycles. The third-order valence-corrected chi connectivity index (χ3v) is 3.87. The number of halogens is 1. The number of rotatable bonds is 4. The highest BCUT2D eigenvalue weighted by Gasteiger charge is 2.13. The van der Waals surface area contributed by atoms with Crippen LogP contribution in [-0.2, 0) is 6.54 Å². The van der Waals surface area contributed by atoms with Crippen molar-refractivity contribution in [2.75, 3.05) is 5.32 Å². The molecule has 3 aromatic rings. The quantitative estimate of drug-likeness (QED) is 0.791. The average molecular weight is 336 g/mol. The highest BCUT2D eigenvalue weighted by molar-refractivity contribution is 6.03. The zero-order valence-corrected chi connectivity index (χ0v) is 13.7. The van der Waals surface area contributed by atoms with E-state index in [9.17, 15) is 14.0 Å². The van der Waals surface area contributed by atoms with Crippen molar-refractivity contribution >= 4 is 11.6 Å². The summed E-state index contributed by atoms with van der Waals surface area (Å²) in [5.41, 5.74) is 1.62. The van der Waals surface area contributed by atoms with Crippen LogP contribution in [0.15, 0.2) is 71.7 Å². The van der Waals surface area contributed by atoms with Gasteiger partial charge in [-0.05, 0) is 37.3 Å². The highest BCUT2D eigenvalue weighted by atomic mass is 19.1. The number of pyridine rings is 1. The molecule has 0 aliphatic rings. The van der Waals surface area contributed by atoms with E-state index in [4.69, 9.17) is 0 Å². The summed E-state index contributed by atoms with van der Waals surface area (Å²) in [4.78, 5) is 24.9. The molecule has 4 nitrogen and oxygen atoms in total. The summed E-state index contributed by atoms with van der Waals surface area (Å²) in [5.74, 6) is -0.874. The molecule has 1 aromatic heterocycles. The van der Waals surface area contributed by atoms with E-state index in [0.29, 0.717) is 11.3 Å². The number of aromatic nitrogens is 1. The van der Waals surface area contributed by atoms with Crippen LogP contribution < -0.4 is 10.9 Å². The average Bonchev–Trinajstić information content (AvgIpc) is 2.60. The monoisotopic (exact) mass is 336 g/mol. The number of amides is 1. The zero-order valence-electron chi connectivity index (χ0n) is 13.7. The standard InChI is InChI=1S/C20H17FN2O2/c1-14-8-10-16(11-9-14)22-19(24)17-6-4-12-23(20(17)25)13-15-5-2-3-7-18(15)21/h2-12H,13H2,1H3,(H,22,24). The maximum absolute atomic E-state index is 13.8.